The molecule has 0 spiro atoms. The summed E-state index contributed by atoms with van der Waals surface area (Å²) in [4.78, 5) is 0. The van der Waals surface area contributed by atoms with Crippen molar-refractivity contribution >= 4 is 86.2 Å². The zero-order valence-electron chi connectivity index (χ0n) is 19.5. The Kier molecular flexibility index (Phi) is 3.36. The van der Waals surface area contributed by atoms with Crippen molar-refractivity contribution in [3.8, 4) is 0 Å². The van der Waals surface area contributed by atoms with Gasteiger partial charge < -0.3 is 0 Å². The third-order valence-electron chi connectivity index (χ3n) is 8.25. The highest BCUT2D eigenvalue weighted by Gasteiger charge is 2.14. The second kappa shape index (κ2) is 6.50. The minimum Gasteiger partial charge on any atom is -0.0616 e. The number of fused-ring (bicyclic) bond motifs is 8. The molecule has 0 aliphatic carbocycles. The summed E-state index contributed by atoms with van der Waals surface area (Å²) in [5, 5.41) is 21.2. The van der Waals surface area contributed by atoms with Crippen molar-refractivity contribution in [2.45, 2.75) is 0 Å². The monoisotopic (exact) mass is 452 g/mol. The molecule has 164 valence electrons. The van der Waals surface area contributed by atoms with Gasteiger partial charge in [-0.3, -0.25) is 0 Å². The fourth-order valence-corrected chi connectivity index (χ4v) is 6.74. The van der Waals surface area contributed by atoms with E-state index in [0.717, 1.165) is 0 Å². The Balaban J connectivity index is 1.51. The highest BCUT2D eigenvalue weighted by molar-refractivity contribution is 6.32. The molecular weight excluding hydrogens is 432 g/mol. The molecule has 9 aromatic carbocycles. The summed E-state index contributed by atoms with van der Waals surface area (Å²) < 4.78 is 0. The molecule has 0 heterocycles. The Morgan fingerprint density at radius 3 is 1.06 bits per heavy atom. The lowest BCUT2D eigenvalue weighted by molar-refractivity contribution is 1.79. The molecule has 0 aliphatic heterocycles. The molecule has 0 radical (unpaired) electrons. The normalized spacial score (nSPS) is 12.4. The molecule has 0 bridgehead atoms. The standard InChI is InChI=1S/C36H20/c1-3-9-27-21(7-1)15-25-17-23-19-34-24(20-33(23)31-13-5-11-29(27)35(25)31)18-26-16-22-8-2-4-10-28(22)30-12-6-14-32(34)36(26)30/h1-20H. The first-order valence-electron chi connectivity index (χ1n) is 12.6. The highest BCUT2D eigenvalue weighted by atomic mass is 14.2. The maximum Gasteiger partial charge on any atom is -0.00259 e. The minimum absolute atomic E-state index is 1.30. The second-order valence-corrected chi connectivity index (χ2v) is 10.1. The van der Waals surface area contributed by atoms with Gasteiger partial charge in [-0.15, -0.1) is 0 Å². The van der Waals surface area contributed by atoms with Crippen molar-refractivity contribution in [2.75, 3.05) is 0 Å². The molecule has 0 aromatic heterocycles. The van der Waals surface area contributed by atoms with Crippen molar-refractivity contribution in [2.24, 2.45) is 0 Å². The Morgan fingerprint density at radius 1 is 0.222 bits per heavy atom. The van der Waals surface area contributed by atoms with Crippen LogP contribution in [-0.2, 0) is 0 Å². The smallest absolute Gasteiger partial charge is 0.00259 e. The zero-order chi connectivity index (χ0) is 23.4. The zero-order valence-corrected chi connectivity index (χ0v) is 19.5. The van der Waals surface area contributed by atoms with Crippen LogP contribution < -0.4 is 0 Å². The molecule has 0 amide bonds. The van der Waals surface area contributed by atoms with E-state index in [0.29, 0.717) is 0 Å². The van der Waals surface area contributed by atoms with Gasteiger partial charge in [0.05, 0.1) is 0 Å². The fraction of sp³-hybridized carbons (Fsp3) is 0. The Morgan fingerprint density at radius 2 is 0.583 bits per heavy atom. The molecule has 0 atom stereocenters. The molecule has 36 heavy (non-hydrogen) atoms. The van der Waals surface area contributed by atoms with Gasteiger partial charge in [0.1, 0.15) is 0 Å². The average molecular weight is 453 g/mol. The molecule has 9 aromatic rings. The van der Waals surface area contributed by atoms with Crippen molar-refractivity contribution in [1.82, 2.24) is 0 Å². The van der Waals surface area contributed by atoms with E-state index in [9.17, 15) is 0 Å². The van der Waals surface area contributed by atoms with Crippen molar-refractivity contribution in [3.05, 3.63) is 121 Å². The molecule has 0 nitrogen and oxygen atoms in total. The Labute approximate surface area is 207 Å². The van der Waals surface area contributed by atoms with Gasteiger partial charge in [-0.25, -0.2) is 0 Å². The van der Waals surface area contributed by atoms with E-state index in [4.69, 9.17) is 0 Å². The SMILES string of the molecule is c1ccc2c(c1)cc1cc3cc4c(cc5cc6ccccc6c6cccc4c56)cc3c3cccc2c13. The predicted octanol–water partition coefficient (Wildman–Crippen LogP) is 10.3. The number of rotatable bonds is 0. The topological polar surface area (TPSA) is 0 Å². The third kappa shape index (κ3) is 2.29. The van der Waals surface area contributed by atoms with Gasteiger partial charge in [0, 0.05) is 0 Å². The maximum absolute atomic E-state index is 2.42. The predicted molar refractivity (Wildman–Crippen MR) is 158 cm³/mol. The van der Waals surface area contributed by atoms with Crippen LogP contribution in [0, 0.1) is 0 Å². The van der Waals surface area contributed by atoms with Gasteiger partial charge in [0.25, 0.3) is 0 Å². The van der Waals surface area contributed by atoms with Gasteiger partial charge in [0.15, 0.2) is 0 Å². The molecule has 0 saturated heterocycles. The third-order valence-corrected chi connectivity index (χ3v) is 8.25. The van der Waals surface area contributed by atoms with E-state index in [-0.39, 0.29) is 0 Å². The maximum atomic E-state index is 2.42. The minimum atomic E-state index is 1.30. The van der Waals surface area contributed by atoms with E-state index in [1.165, 1.54) is 86.2 Å². The van der Waals surface area contributed by atoms with Gasteiger partial charge in [0.2, 0.25) is 0 Å². The first-order valence-corrected chi connectivity index (χ1v) is 12.6. The summed E-state index contributed by atoms with van der Waals surface area (Å²) in [5.41, 5.74) is 0. The van der Waals surface area contributed by atoms with Crippen LogP contribution in [0.25, 0.3) is 86.2 Å². The summed E-state index contributed by atoms with van der Waals surface area (Å²) in [6.07, 6.45) is 0. The van der Waals surface area contributed by atoms with Crippen LogP contribution in [0.15, 0.2) is 121 Å². The van der Waals surface area contributed by atoms with E-state index in [2.05, 4.69) is 121 Å². The molecule has 0 N–H and O–H groups in total. The Hall–Kier alpha value is -4.68. The van der Waals surface area contributed by atoms with Crippen LogP contribution in [0.3, 0.4) is 0 Å². The lowest BCUT2D eigenvalue weighted by atomic mass is 9.88. The lowest BCUT2D eigenvalue weighted by Crippen LogP contribution is -1.88. The first kappa shape index (κ1) is 18.6. The molecular formula is C36H20. The summed E-state index contributed by atoms with van der Waals surface area (Å²) in [5.74, 6) is 0. The van der Waals surface area contributed by atoms with Crippen molar-refractivity contribution in [3.63, 3.8) is 0 Å². The van der Waals surface area contributed by atoms with Crippen molar-refractivity contribution < 1.29 is 0 Å². The van der Waals surface area contributed by atoms with Crippen LogP contribution in [0.5, 0.6) is 0 Å². The molecule has 0 fully saturated rings. The summed E-state index contributed by atoms with van der Waals surface area (Å²) in [6.45, 7) is 0. The molecule has 0 heteroatoms. The van der Waals surface area contributed by atoms with Crippen LogP contribution in [0.2, 0.25) is 0 Å². The quantitative estimate of drug-likeness (QED) is 0.159. The van der Waals surface area contributed by atoms with E-state index in [1.54, 1.807) is 0 Å². The van der Waals surface area contributed by atoms with Gasteiger partial charge in [-0.2, -0.15) is 0 Å². The van der Waals surface area contributed by atoms with E-state index >= 15 is 0 Å². The largest absolute Gasteiger partial charge is 0.0616 e. The van der Waals surface area contributed by atoms with E-state index < -0.39 is 0 Å². The summed E-state index contributed by atoms with van der Waals surface area (Å²) in [6, 6.07) is 45.4. The summed E-state index contributed by atoms with van der Waals surface area (Å²) in [7, 11) is 0. The first-order chi connectivity index (χ1) is 17.8. The lowest BCUT2D eigenvalue weighted by Gasteiger charge is -2.15. The summed E-state index contributed by atoms with van der Waals surface area (Å²) >= 11 is 0. The van der Waals surface area contributed by atoms with Gasteiger partial charge in [-0.05, 0) is 123 Å². The van der Waals surface area contributed by atoms with Crippen LogP contribution >= 0.6 is 0 Å². The average Bonchev–Trinajstić information content (AvgIpc) is 2.93. The Bertz CT molecular complexity index is 2190. The molecule has 0 aliphatic rings. The highest BCUT2D eigenvalue weighted by Crippen LogP contribution is 2.42. The number of benzene rings is 9. The van der Waals surface area contributed by atoms with Crippen molar-refractivity contribution in [1.29, 1.82) is 0 Å². The van der Waals surface area contributed by atoms with E-state index in [1.807, 2.05) is 0 Å². The van der Waals surface area contributed by atoms with Crippen LogP contribution in [0.4, 0.5) is 0 Å². The van der Waals surface area contributed by atoms with Crippen LogP contribution in [-0.4, -0.2) is 0 Å². The fourth-order valence-electron chi connectivity index (χ4n) is 6.74. The van der Waals surface area contributed by atoms with Gasteiger partial charge in [-0.1, -0.05) is 84.9 Å². The number of hydrogen-bond acceptors (Lipinski definition) is 0. The van der Waals surface area contributed by atoms with Gasteiger partial charge >= 0.3 is 0 Å². The number of hydrogen-bond donors (Lipinski definition) is 0. The molecule has 9 rings (SSSR count). The second-order valence-electron chi connectivity index (χ2n) is 10.1. The molecule has 0 unspecified atom stereocenters. The molecule has 0 saturated carbocycles. The van der Waals surface area contributed by atoms with Crippen LogP contribution in [0.1, 0.15) is 0 Å².